The van der Waals surface area contributed by atoms with Gasteiger partial charge in [0, 0.05) is 12.5 Å². The maximum Gasteiger partial charge on any atom is 0.224 e. The Balaban J connectivity index is 1.53. The quantitative estimate of drug-likeness (QED) is 0.582. The van der Waals surface area contributed by atoms with Gasteiger partial charge in [-0.3, -0.25) is 9.59 Å². The fourth-order valence-electron chi connectivity index (χ4n) is 3.59. The van der Waals surface area contributed by atoms with Crippen LogP contribution in [-0.2, 0) is 29.3 Å². The molecule has 4 atom stereocenters. The molecule has 1 aliphatic rings. The van der Waals surface area contributed by atoms with Gasteiger partial charge in [0.15, 0.2) is 19.7 Å². The molecule has 1 aliphatic carbocycles. The van der Waals surface area contributed by atoms with Gasteiger partial charge in [0.2, 0.25) is 11.8 Å². The van der Waals surface area contributed by atoms with Gasteiger partial charge in [0.1, 0.15) is 0 Å². The lowest BCUT2D eigenvalue weighted by atomic mass is 10.1. The largest absolute Gasteiger partial charge is 0.349 e. The summed E-state index contributed by atoms with van der Waals surface area (Å²) in [5, 5.41) is 5.76. The number of sulfone groups is 2. The average Bonchev–Trinajstić information content (AvgIpc) is 3.54. The van der Waals surface area contributed by atoms with Crippen molar-refractivity contribution in [2.75, 3.05) is 12.5 Å². The fraction of sp³-hybridized carbons (Fsp3) is 0.391. The first-order valence-corrected chi connectivity index (χ1v) is 14.3. The molecule has 0 saturated heterocycles. The van der Waals surface area contributed by atoms with Crippen LogP contribution in [-0.4, -0.2) is 41.2 Å². The van der Waals surface area contributed by atoms with Crippen LogP contribution < -0.4 is 10.6 Å². The molecule has 178 valence electrons. The van der Waals surface area contributed by atoms with E-state index in [2.05, 4.69) is 10.6 Å². The molecule has 3 rings (SSSR count). The van der Waals surface area contributed by atoms with Gasteiger partial charge >= 0.3 is 0 Å². The van der Waals surface area contributed by atoms with Crippen LogP contribution in [0.3, 0.4) is 0 Å². The summed E-state index contributed by atoms with van der Waals surface area (Å²) < 4.78 is 46.3. The summed E-state index contributed by atoms with van der Waals surface area (Å²) in [4.78, 5) is 25.6. The number of hydrogen-bond acceptors (Lipinski definition) is 6. The van der Waals surface area contributed by atoms with Crippen molar-refractivity contribution in [2.24, 2.45) is 11.8 Å². The van der Waals surface area contributed by atoms with Crippen LogP contribution >= 0.6 is 0 Å². The maximum atomic E-state index is 12.6. The predicted octanol–water partition coefficient (Wildman–Crippen LogP) is 2.18. The standard InChI is InChI=1S/C23H28N2O6S2/c1-14(16-5-9-18(10-6-16)32(3,28)29)24-22(26)20-13-21(20)23(27)25-15(2)17-7-11-19(12-8-17)33(4,30)31/h5-12,14-15,20-21H,13H2,1-4H3,(H,24,26)(H,25,27). The van der Waals surface area contributed by atoms with E-state index in [9.17, 15) is 26.4 Å². The van der Waals surface area contributed by atoms with Crippen LogP contribution in [0.15, 0.2) is 58.3 Å². The number of benzene rings is 2. The van der Waals surface area contributed by atoms with E-state index in [1.807, 2.05) is 0 Å². The summed E-state index contributed by atoms with van der Waals surface area (Å²) in [6.07, 6.45) is 2.73. The number of carbonyl (C=O) groups is 2. The van der Waals surface area contributed by atoms with E-state index < -0.39 is 31.5 Å². The van der Waals surface area contributed by atoms with Crippen molar-refractivity contribution in [1.82, 2.24) is 10.6 Å². The Kier molecular flexibility index (Phi) is 6.99. The van der Waals surface area contributed by atoms with Gasteiger partial charge in [0.05, 0.1) is 33.7 Å². The third-order valence-electron chi connectivity index (χ3n) is 5.80. The summed E-state index contributed by atoms with van der Waals surface area (Å²) in [6, 6.07) is 12.0. The summed E-state index contributed by atoms with van der Waals surface area (Å²) in [5.41, 5.74) is 1.53. The number of rotatable bonds is 8. The Morgan fingerprint density at radius 1 is 0.697 bits per heavy atom. The molecule has 4 unspecified atom stereocenters. The Morgan fingerprint density at radius 3 is 1.27 bits per heavy atom. The van der Waals surface area contributed by atoms with E-state index in [-0.39, 0.29) is 33.7 Å². The lowest BCUT2D eigenvalue weighted by Crippen LogP contribution is -2.32. The molecule has 2 amide bonds. The predicted molar refractivity (Wildman–Crippen MR) is 124 cm³/mol. The van der Waals surface area contributed by atoms with E-state index in [1.165, 1.54) is 24.3 Å². The van der Waals surface area contributed by atoms with Crippen LogP contribution in [0.5, 0.6) is 0 Å². The van der Waals surface area contributed by atoms with Crippen molar-refractivity contribution in [3.05, 3.63) is 59.7 Å². The van der Waals surface area contributed by atoms with Crippen molar-refractivity contribution in [1.29, 1.82) is 0 Å². The van der Waals surface area contributed by atoms with E-state index in [0.717, 1.165) is 23.6 Å². The summed E-state index contributed by atoms with van der Waals surface area (Å²) >= 11 is 0. The van der Waals surface area contributed by atoms with Crippen LogP contribution in [0.25, 0.3) is 0 Å². The van der Waals surface area contributed by atoms with Crippen LogP contribution in [0.1, 0.15) is 43.5 Å². The molecular formula is C23H28N2O6S2. The third-order valence-corrected chi connectivity index (χ3v) is 8.05. The molecule has 0 aliphatic heterocycles. The maximum absolute atomic E-state index is 12.6. The zero-order valence-corrected chi connectivity index (χ0v) is 20.5. The smallest absolute Gasteiger partial charge is 0.224 e. The molecule has 33 heavy (non-hydrogen) atoms. The SMILES string of the molecule is CC(NC(=O)C1CC1C(=O)NC(C)c1ccc(S(C)(=O)=O)cc1)c1ccc(S(C)(=O)=O)cc1. The van der Waals surface area contributed by atoms with E-state index >= 15 is 0 Å². The van der Waals surface area contributed by atoms with E-state index in [0.29, 0.717) is 6.42 Å². The monoisotopic (exact) mass is 492 g/mol. The molecule has 8 nitrogen and oxygen atoms in total. The minimum atomic E-state index is -3.29. The van der Waals surface area contributed by atoms with Gasteiger partial charge in [-0.15, -0.1) is 0 Å². The highest BCUT2D eigenvalue weighted by Gasteiger charge is 2.48. The molecule has 1 fully saturated rings. The molecular weight excluding hydrogens is 464 g/mol. The molecule has 0 heterocycles. The molecule has 10 heteroatoms. The lowest BCUT2D eigenvalue weighted by molar-refractivity contribution is -0.128. The summed E-state index contributed by atoms with van der Waals surface area (Å²) in [7, 11) is -6.57. The van der Waals surface area contributed by atoms with Gasteiger partial charge in [-0.05, 0) is 55.7 Å². The summed E-state index contributed by atoms with van der Waals surface area (Å²) in [5.74, 6) is -1.27. The van der Waals surface area contributed by atoms with Crippen LogP contribution in [0.4, 0.5) is 0 Å². The Morgan fingerprint density at radius 2 is 1.00 bits per heavy atom. The topological polar surface area (TPSA) is 126 Å². The number of hydrogen-bond donors (Lipinski definition) is 2. The second kappa shape index (κ2) is 9.26. The zero-order valence-electron chi connectivity index (χ0n) is 18.9. The minimum Gasteiger partial charge on any atom is -0.349 e. The Bertz CT molecular complexity index is 1150. The molecule has 2 N–H and O–H groups in total. The van der Waals surface area contributed by atoms with Crippen molar-refractivity contribution in [3.63, 3.8) is 0 Å². The molecule has 2 aromatic carbocycles. The first-order chi connectivity index (χ1) is 15.3. The highest BCUT2D eigenvalue weighted by molar-refractivity contribution is 7.91. The molecule has 0 aromatic heterocycles. The molecule has 0 radical (unpaired) electrons. The molecule has 0 spiro atoms. The van der Waals surface area contributed by atoms with E-state index in [4.69, 9.17) is 0 Å². The van der Waals surface area contributed by atoms with Crippen molar-refractivity contribution in [3.8, 4) is 0 Å². The van der Waals surface area contributed by atoms with Crippen molar-refractivity contribution < 1.29 is 26.4 Å². The van der Waals surface area contributed by atoms with E-state index in [1.54, 1.807) is 38.1 Å². The molecule has 1 saturated carbocycles. The Hall–Kier alpha value is -2.72. The minimum absolute atomic E-state index is 0.212. The van der Waals surface area contributed by atoms with Crippen LogP contribution in [0.2, 0.25) is 0 Å². The van der Waals surface area contributed by atoms with Crippen LogP contribution in [0, 0.1) is 11.8 Å². The first-order valence-electron chi connectivity index (χ1n) is 10.5. The number of amides is 2. The van der Waals surface area contributed by atoms with Crippen molar-refractivity contribution >= 4 is 31.5 Å². The number of nitrogens with one attached hydrogen (secondary N) is 2. The van der Waals surface area contributed by atoms with Gasteiger partial charge in [0.25, 0.3) is 0 Å². The average molecular weight is 493 g/mol. The van der Waals surface area contributed by atoms with Gasteiger partial charge < -0.3 is 10.6 Å². The molecule has 0 bridgehead atoms. The highest BCUT2D eigenvalue weighted by Crippen LogP contribution is 2.39. The van der Waals surface area contributed by atoms with Crippen molar-refractivity contribution in [2.45, 2.75) is 42.1 Å². The third kappa shape index (κ3) is 6.20. The second-order valence-electron chi connectivity index (χ2n) is 8.59. The second-order valence-corrected chi connectivity index (χ2v) is 12.6. The Labute approximate surface area is 194 Å². The lowest BCUT2D eigenvalue weighted by Gasteiger charge is -2.16. The number of carbonyl (C=O) groups excluding carboxylic acids is 2. The normalized spacial score (nSPS) is 19.9. The van der Waals surface area contributed by atoms with Gasteiger partial charge in [-0.2, -0.15) is 0 Å². The van der Waals surface area contributed by atoms with Gasteiger partial charge in [-0.1, -0.05) is 24.3 Å². The fourth-order valence-corrected chi connectivity index (χ4v) is 4.85. The first kappa shape index (κ1) is 24.9. The highest BCUT2D eigenvalue weighted by atomic mass is 32.2. The molecule has 2 aromatic rings. The van der Waals surface area contributed by atoms with Gasteiger partial charge in [-0.25, -0.2) is 16.8 Å². The zero-order chi connectivity index (χ0) is 24.6. The summed E-state index contributed by atoms with van der Waals surface area (Å²) in [6.45, 7) is 3.60.